The summed E-state index contributed by atoms with van der Waals surface area (Å²) in [6, 6.07) is 7.74. The van der Waals surface area contributed by atoms with Gasteiger partial charge in [0, 0.05) is 16.3 Å². The maximum Gasteiger partial charge on any atom is 0.136 e. The van der Waals surface area contributed by atoms with Crippen molar-refractivity contribution in [1.29, 1.82) is 0 Å². The van der Waals surface area contributed by atoms with Crippen molar-refractivity contribution in [3.63, 3.8) is 0 Å². The zero-order valence-electron chi connectivity index (χ0n) is 12.0. The largest absolute Gasteiger partial charge is 0.598 e. The Morgan fingerprint density at radius 2 is 1.89 bits per heavy atom. The molecule has 0 aliphatic heterocycles. The summed E-state index contributed by atoms with van der Waals surface area (Å²) in [5.74, 6) is 1.04. The summed E-state index contributed by atoms with van der Waals surface area (Å²) in [7, 11) is 0. The molecule has 1 aromatic rings. The van der Waals surface area contributed by atoms with Gasteiger partial charge in [0.25, 0.3) is 0 Å². The van der Waals surface area contributed by atoms with Crippen LogP contribution < -0.4 is 4.72 Å². The van der Waals surface area contributed by atoms with Crippen molar-refractivity contribution in [2.45, 2.75) is 43.4 Å². The van der Waals surface area contributed by atoms with E-state index in [1.165, 1.54) is 4.90 Å². The molecule has 3 nitrogen and oxygen atoms in total. The zero-order chi connectivity index (χ0) is 14.5. The Morgan fingerprint density at radius 1 is 1.32 bits per heavy atom. The average Bonchev–Trinajstić information content (AvgIpc) is 2.36. The number of hydrogen-bond donors (Lipinski definition) is 2. The first-order valence-corrected chi connectivity index (χ1v) is 8.53. The fraction of sp³-hybridized carbons (Fsp3) is 0.571. The highest BCUT2D eigenvalue weighted by molar-refractivity contribution is 7.99. The van der Waals surface area contributed by atoms with E-state index in [1.807, 2.05) is 45.0 Å². The number of benzene rings is 1. The minimum absolute atomic E-state index is 0.0674. The van der Waals surface area contributed by atoms with Gasteiger partial charge >= 0.3 is 0 Å². The van der Waals surface area contributed by atoms with Crippen molar-refractivity contribution in [3.05, 3.63) is 29.8 Å². The van der Waals surface area contributed by atoms with E-state index in [0.717, 1.165) is 11.3 Å². The first-order chi connectivity index (χ1) is 8.88. The Hall–Kier alpha value is -0.200. The molecule has 0 saturated carbocycles. The van der Waals surface area contributed by atoms with Gasteiger partial charge in [0.1, 0.15) is 10.8 Å². The first-order valence-electron chi connectivity index (χ1n) is 6.40. The molecule has 0 radical (unpaired) electrons. The van der Waals surface area contributed by atoms with Crippen molar-refractivity contribution in [2.75, 3.05) is 12.4 Å². The summed E-state index contributed by atoms with van der Waals surface area (Å²) in [6.45, 7) is 7.77. The van der Waals surface area contributed by atoms with E-state index in [2.05, 4.69) is 11.6 Å². The van der Waals surface area contributed by atoms with Crippen LogP contribution in [0.2, 0.25) is 0 Å². The lowest BCUT2D eigenvalue weighted by Crippen LogP contribution is -2.42. The van der Waals surface area contributed by atoms with Crippen molar-refractivity contribution in [1.82, 2.24) is 4.72 Å². The number of thioether (sulfide) groups is 1. The van der Waals surface area contributed by atoms with Crippen molar-refractivity contribution >= 4 is 23.1 Å². The molecule has 0 spiro atoms. The molecule has 0 heterocycles. The molecular formula is C14H23NO2S2. The highest BCUT2D eigenvalue weighted by Crippen LogP contribution is 2.23. The molecule has 1 rings (SSSR count). The molecule has 0 saturated heterocycles. The highest BCUT2D eigenvalue weighted by atomic mass is 32.2. The van der Waals surface area contributed by atoms with Gasteiger partial charge in [0.2, 0.25) is 0 Å². The van der Waals surface area contributed by atoms with Crippen LogP contribution in [-0.2, 0) is 11.4 Å². The van der Waals surface area contributed by atoms with Gasteiger partial charge in [-0.25, -0.2) is 0 Å². The molecule has 0 aromatic heterocycles. The molecule has 0 unspecified atom stereocenters. The minimum Gasteiger partial charge on any atom is -0.598 e. The fourth-order valence-corrected chi connectivity index (χ4v) is 2.96. The Bertz CT molecular complexity index is 376. The summed E-state index contributed by atoms with van der Waals surface area (Å²) in [6.07, 6.45) is 0. The molecule has 0 bridgehead atoms. The quantitative estimate of drug-likeness (QED) is 0.626. The van der Waals surface area contributed by atoms with Crippen LogP contribution in [0.15, 0.2) is 29.2 Å². The van der Waals surface area contributed by atoms with E-state index in [4.69, 9.17) is 0 Å². The van der Waals surface area contributed by atoms with Crippen LogP contribution in [-0.4, -0.2) is 26.8 Å². The second-order valence-corrected chi connectivity index (χ2v) is 8.57. The van der Waals surface area contributed by atoms with Crippen LogP contribution >= 0.6 is 11.8 Å². The second-order valence-electron chi connectivity index (χ2n) is 5.24. The average molecular weight is 301 g/mol. The number of aliphatic hydroxyl groups excluding tert-OH is 1. The van der Waals surface area contributed by atoms with E-state index in [9.17, 15) is 9.66 Å². The molecule has 0 amide bonds. The Kier molecular flexibility index (Phi) is 6.69. The molecule has 5 heteroatoms. The molecule has 19 heavy (non-hydrogen) atoms. The maximum absolute atomic E-state index is 12.1. The third-order valence-electron chi connectivity index (χ3n) is 2.58. The standard InChI is InChI=1S/C14H23NO2S2/c1-5-18-12-8-6-11(7-9-12)13(10-16)15-19(17)14(2,3)4/h6-9,13,15-16H,5,10H2,1-4H3/t13-,19+/m0/s1. The minimum atomic E-state index is -1.19. The Morgan fingerprint density at radius 3 is 2.32 bits per heavy atom. The van der Waals surface area contributed by atoms with Gasteiger partial charge in [-0.15, -0.1) is 16.5 Å². The molecule has 1 aromatic carbocycles. The molecule has 2 N–H and O–H groups in total. The highest BCUT2D eigenvalue weighted by Gasteiger charge is 2.29. The summed E-state index contributed by atoms with van der Waals surface area (Å²) in [4.78, 5) is 1.21. The normalized spacial score (nSPS) is 15.3. The van der Waals surface area contributed by atoms with Gasteiger partial charge in [-0.3, -0.25) is 0 Å². The summed E-state index contributed by atoms with van der Waals surface area (Å²) in [5.41, 5.74) is 0.959. The van der Waals surface area contributed by atoms with E-state index >= 15 is 0 Å². The third-order valence-corrected chi connectivity index (χ3v) is 5.09. The lowest BCUT2D eigenvalue weighted by molar-refractivity contribution is 0.258. The molecule has 0 fully saturated rings. The molecule has 0 aliphatic carbocycles. The van der Waals surface area contributed by atoms with E-state index in [-0.39, 0.29) is 17.4 Å². The third kappa shape index (κ3) is 5.36. The van der Waals surface area contributed by atoms with E-state index < -0.39 is 11.4 Å². The topological polar surface area (TPSA) is 55.3 Å². The van der Waals surface area contributed by atoms with Crippen LogP contribution in [0, 0.1) is 0 Å². The smallest absolute Gasteiger partial charge is 0.136 e. The van der Waals surface area contributed by atoms with Gasteiger partial charge < -0.3 is 9.66 Å². The van der Waals surface area contributed by atoms with Crippen molar-refractivity contribution < 1.29 is 9.66 Å². The van der Waals surface area contributed by atoms with Crippen molar-refractivity contribution in [2.24, 2.45) is 0 Å². The molecule has 2 atom stereocenters. The maximum atomic E-state index is 12.1. The molecular weight excluding hydrogens is 278 g/mol. The summed E-state index contributed by atoms with van der Waals surface area (Å²) >= 11 is 0.587. The van der Waals surface area contributed by atoms with Gasteiger partial charge in [0.05, 0.1) is 6.61 Å². The number of nitrogens with one attached hydrogen (secondary N) is 1. The molecule has 0 aliphatic rings. The van der Waals surface area contributed by atoms with Gasteiger partial charge in [0.15, 0.2) is 0 Å². The summed E-state index contributed by atoms with van der Waals surface area (Å²) in [5, 5.41) is 9.46. The number of rotatable bonds is 6. The van der Waals surface area contributed by atoms with Crippen LogP contribution in [0.3, 0.4) is 0 Å². The lowest BCUT2D eigenvalue weighted by Gasteiger charge is -2.27. The lowest BCUT2D eigenvalue weighted by atomic mass is 10.1. The summed E-state index contributed by atoms with van der Waals surface area (Å²) < 4.78 is 14.7. The monoisotopic (exact) mass is 301 g/mol. The van der Waals surface area contributed by atoms with Gasteiger partial charge in [-0.2, -0.15) is 0 Å². The first kappa shape index (κ1) is 16.9. The second kappa shape index (κ2) is 7.55. The van der Waals surface area contributed by atoms with Crippen LogP contribution in [0.25, 0.3) is 0 Å². The van der Waals surface area contributed by atoms with E-state index in [0.29, 0.717) is 0 Å². The van der Waals surface area contributed by atoms with Crippen LogP contribution in [0.5, 0.6) is 0 Å². The van der Waals surface area contributed by atoms with Crippen molar-refractivity contribution in [3.8, 4) is 0 Å². The fourth-order valence-electron chi connectivity index (χ4n) is 1.48. The molecule has 108 valence electrons. The Labute approximate surface area is 123 Å². The predicted octanol–water partition coefficient (Wildman–Crippen LogP) is 2.88. The van der Waals surface area contributed by atoms with E-state index in [1.54, 1.807) is 11.8 Å². The number of hydrogen-bond acceptors (Lipinski definition) is 4. The Balaban J connectivity index is 2.74. The SMILES string of the molecule is CCSc1ccc([C@H](CO)N[S@+]([O-])C(C)(C)C)cc1. The van der Waals surface area contributed by atoms with Gasteiger partial charge in [-0.05, 0) is 44.2 Å². The zero-order valence-corrected chi connectivity index (χ0v) is 13.6. The number of aliphatic hydroxyl groups is 1. The van der Waals surface area contributed by atoms with Gasteiger partial charge in [-0.1, -0.05) is 19.1 Å². The van der Waals surface area contributed by atoms with Crippen LogP contribution in [0.4, 0.5) is 0 Å². The van der Waals surface area contributed by atoms with Crippen LogP contribution in [0.1, 0.15) is 39.3 Å². The predicted molar refractivity (Wildman–Crippen MR) is 83.7 cm³/mol.